The van der Waals surface area contributed by atoms with Gasteiger partial charge >= 0.3 is 0 Å². The van der Waals surface area contributed by atoms with Crippen molar-refractivity contribution in [2.75, 3.05) is 6.61 Å². The highest BCUT2D eigenvalue weighted by atomic mass is 16.6. The highest BCUT2D eigenvalue weighted by molar-refractivity contribution is 5.13. The van der Waals surface area contributed by atoms with Crippen LogP contribution in [0, 0.1) is 0 Å². The van der Waals surface area contributed by atoms with Crippen LogP contribution in [0.2, 0.25) is 0 Å². The van der Waals surface area contributed by atoms with E-state index in [1.165, 1.54) is 31.2 Å². The molecule has 0 bridgehead atoms. The van der Waals surface area contributed by atoms with Crippen LogP contribution in [0.3, 0.4) is 0 Å². The largest absolute Gasteiger partial charge is 0.374 e. The molecule has 1 aromatic carbocycles. The normalized spacial score (nSPS) is 32.1. The zero-order valence-corrected chi connectivity index (χ0v) is 9.52. The number of hydrogen-bond acceptors (Lipinski definition) is 2. The SMILES string of the molecule is c1ccc(COC[C@@]23CCCC[C@@H]2O3)cc1. The molecule has 1 aliphatic heterocycles. The molecule has 16 heavy (non-hydrogen) atoms. The van der Waals surface area contributed by atoms with E-state index in [0.29, 0.717) is 12.7 Å². The third-order valence-electron chi connectivity index (χ3n) is 3.68. The van der Waals surface area contributed by atoms with Crippen LogP contribution < -0.4 is 0 Å². The second-order valence-corrected chi connectivity index (χ2v) is 4.90. The van der Waals surface area contributed by atoms with Gasteiger partial charge in [-0.05, 0) is 18.4 Å². The highest BCUT2D eigenvalue weighted by Crippen LogP contribution is 2.47. The Kier molecular flexibility index (Phi) is 2.70. The van der Waals surface area contributed by atoms with Gasteiger partial charge < -0.3 is 9.47 Å². The highest BCUT2D eigenvalue weighted by Gasteiger charge is 2.57. The molecule has 1 aliphatic carbocycles. The summed E-state index contributed by atoms with van der Waals surface area (Å²) in [6.45, 7) is 1.48. The van der Waals surface area contributed by atoms with E-state index in [2.05, 4.69) is 12.1 Å². The molecule has 86 valence electrons. The van der Waals surface area contributed by atoms with E-state index < -0.39 is 0 Å². The lowest BCUT2D eigenvalue weighted by Crippen LogP contribution is -2.25. The van der Waals surface area contributed by atoms with Crippen LogP contribution in [0.1, 0.15) is 31.2 Å². The lowest BCUT2D eigenvalue weighted by Gasteiger charge is -2.17. The Balaban J connectivity index is 1.47. The van der Waals surface area contributed by atoms with Crippen molar-refractivity contribution in [1.82, 2.24) is 0 Å². The van der Waals surface area contributed by atoms with Crippen LogP contribution in [0.15, 0.2) is 30.3 Å². The van der Waals surface area contributed by atoms with Crippen LogP contribution in [-0.2, 0) is 16.1 Å². The Morgan fingerprint density at radius 1 is 1.25 bits per heavy atom. The molecule has 0 N–H and O–H groups in total. The van der Waals surface area contributed by atoms with Gasteiger partial charge in [-0.25, -0.2) is 0 Å². The van der Waals surface area contributed by atoms with Gasteiger partial charge in [0.2, 0.25) is 0 Å². The zero-order valence-electron chi connectivity index (χ0n) is 9.52. The summed E-state index contributed by atoms with van der Waals surface area (Å²) >= 11 is 0. The topological polar surface area (TPSA) is 21.8 Å². The number of fused-ring (bicyclic) bond motifs is 1. The molecule has 0 spiro atoms. The third-order valence-corrected chi connectivity index (χ3v) is 3.68. The van der Waals surface area contributed by atoms with E-state index in [0.717, 1.165) is 6.61 Å². The fourth-order valence-corrected chi connectivity index (χ4v) is 2.66. The van der Waals surface area contributed by atoms with Crippen molar-refractivity contribution < 1.29 is 9.47 Å². The predicted molar refractivity (Wildman–Crippen MR) is 62.2 cm³/mol. The lowest BCUT2D eigenvalue weighted by atomic mass is 9.90. The molecule has 0 radical (unpaired) electrons. The molecule has 2 atom stereocenters. The Morgan fingerprint density at radius 3 is 2.94 bits per heavy atom. The van der Waals surface area contributed by atoms with E-state index in [9.17, 15) is 0 Å². The molecule has 3 rings (SSSR count). The second-order valence-electron chi connectivity index (χ2n) is 4.90. The fraction of sp³-hybridized carbons (Fsp3) is 0.571. The molecule has 1 aromatic rings. The molecule has 1 saturated carbocycles. The molecule has 2 heteroatoms. The van der Waals surface area contributed by atoms with Crippen LogP contribution in [-0.4, -0.2) is 18.3 Å². The molecule has 1 saturated heterocycles. The molecule has 2 aliphatic rings. The number of benzene rings is 1. The Bertz CT molecular complexity index is 349. The maximum atomic E-state index is 5.78. The van der Waals surface area contributed by atoms with Crippen molar-refractivity contribution in [3.05, 3.63) is 35.9 Å². The summed E-state index contributed by atoms with van der Waals surface area (Å²) < 4.78 is 11.6. The summed E-state index contributed by atoms with van der Waals surface area (Å²) in [6.07, 6.45) is 5.54. The van der Waals surface area contributed by atoms with Gasteiger partial charge in [-0.2, -0.15) is 0 Å². The van der Waals surface area contributed by atoms with Crippen molar-refractivity contribution in [1.29, 1.82) is 0 Å². The zero-order chi connectivity index (χ0) is 10.8. The van der Waals surface area contributed by atoms with Crippen molar-refractivity contribution in [2.24, 2.45) is 0 Å². The van der Waals surface area contributed by atoms with Crippen LogP contribution in [0.5, 0.6) is 0 Å². The van der Waals surface area contributed by atoms with Crippen molar-refractivity contribution >= 4 is 0 Å². The van der Waals surface area contributed by atoms with E-state index in [1.807, 2.05) is 18.2 Å². The number of hydrogen-bond donors (Lipinski definition) is 0. The Labute approximate surface area is 96.6 Å². The predicted octanol–water partition coefficient (Wildman–Crippen LogP) is 2.91. The van der Waals surface area contributed by atoms with Crippen molar-refractivity contribution in [2.45, 2.75) is 44.0 Å². The second kappa shape index (κ2) is 4.19. The average molecular weight is 218 g/mol. The van der Waals surface area contributed by atoms with Crippen molar-refractivity contribution in [3.63, 3.8) is 0 Å². The maximum Gasteiger partial charge on any atom is 0.118 e. The molecule has 2 nitrogen and oxygen atoms in total. The first kappa shape index (κ1) is 10.3. The summed E-state index contributed by atoms with van der Waals surface area (Å²) in [5, 5.41) is 0. The van der Waals surface area contributed by atoms with Gasteiger partial charge in [0.1, 0.15) is 5.60 Å². The standard InChI is InChI=1S/C14H18O2/c1-2-6-12(7-3-1)10-15-11-14-9-5-4-8-13(14)16-14/h1-3,6-7,13H,4-5,8-11H2/t13-,14-/m0/s1. The molecule has 1 heterocycles. The van der Waals surface area contributed by atoms with Gasteiger partial charge in [-0.3, -0.25) is 0 Å². The quantitative estimate of drug-likeness (QED) is 0.725. The first-order chi connectivity index (χ1) is 7.89. The molecular weight excluding hydrogens is 200 g/mol. The molecular formula is C14H18O2. The minimum atomic E-state index is 0.104. The van der Waals surface area contributed by atoms with Crippen molar-refractivity contribution in [3.8, 4) is 0 Å². The maximum absolute atomic E-state index is 5.78. The Hall–Kier alpha value is -0.860. The molecule has 0 amide bonds. The van der Waals surface area contributed by atoms with E-state index >= 15 is 0 Å². The molecule has 2 fully saturated rings. The van der Waals surface area contributed by atoms with Gasteiger partial charge in [0, 0.05) is 0 Å². The fourth-order valence-electron chi connectivity index (χ4n) is 2.66. The summed E-state index contributed by atoms with van der Waals surface area (Å²) in [6, 6.07) is 10.3. The summed E-state index contributed by atoms with van der Waals surface area (Å²) in [5.41, 5.74) is 1.35. The first-order valence-corrected chi connectivity index (χ1v) is 6.19. The van der Waals surface area contributed by atoms with E-state index in [-0.39, 0.29) is 5.60 Å². The Morgan fingerprint density at radius 2 is 2.12 bits per heavy atom. The number of ether oxygens (including phenoxy) is 2. The lowest BCUT2D eigenvalue weighted by molar-refractivity contribution is 0.0629. The van der Waals surface area contributed by atoms with Crippen LogP contribution in [0.25, 0.3) is 0 Å². The van der Waals surface area contributed by atoms with Crippen LogP contribution in [0.4, 0.5) is 0 Å². The van der Waals surface area contributed by atoms with E-state index in [4.69, 9.17) is 9.47 Å². The molecule has 0 unspecified atom stereocenters. The summed E-state index contributed by atoms with van der Waals surface area (Å²) in [5.74, 6) is 0. The van der Waals surface area contributed by atoms with Gasteiger partial charge in [-0.15, -0.1) is 0 Å². The minimum absolute atomic E-state index is 0.104. The first-order valence-electron chi connectivity index (χ1n) is 6.19. The van der Waals surface area contributed by atoms with Gasteiger partial charge in [0.15, 0.2) is 0 Å². The smallest absolute Gasteiger partial charge is 0.118 e. The third kappa shape index (κ3) is 2.00. The van der Waals surface area contributed by atoms with Crippen LogP contribution >= 0.6 is 0 Å². The number of rotatable bonds is 4. The average Bonchev–Trinajstić information content (AvgIpc) is 3.05. The van der Waals surface area contributed by atoms with Gasteiger partial charge in [-0.1, -0.05) is 43.2 Å². The number of epoxide rings is 1. The van der Waals surface area contributed by atoms with Gasteiger partial charge in [0.25, 0.3) is 0 Å². The van der Waals surface area contributed by atoms with E-state index in [1.54, 1.807) is 0 Å². The molecule has 0 aromatic heterocycles. The summed E-state index contributed by atoms with van der Waals surface area (Å²) in [7, 11) is 0. The van der Waals surface area contributed by atoms with Gasteiger partial charge in [0.05, 0.1) is 19.3 Å². The minimum Gasteiger partial charge on any atom is -0.374 e. The summed E-state index contributed by atoms with van der Waals surface area (Å²) in [4.78, 5) is 0. The monoisotopic (exact) mass is 218 g/mol.